The molecule has 0 aliphatic heterocycles. The van der Waals surface area contributed by atoms with E-state index in [4.69, 9.17) is 32.8 Å². The summed E-state index contributed by atoms with van der Waals surface area (Å²) < 4.78 is 4.97. The van der Waals surface area contributed by atoms with Crippen LogP contribution in [0, 0.1) is 0 Å². The molecule has 32 heavy (non-hydrogen) atoms. The summed E-state index contributed by atoms with van der Waals surface area (Å²) in [5.41, 5.74) is 0.319. The first-order chi connectivity index (χ1) is 15.4. The highest BCUT2D eigenvalue weighted by atomic mass is 35.5. The Kier molecular flexibility index (Phi) is 7.93. The Bertz CT molecular complexity index is 1160. The van der Waals surface area contributed by atoms with Gasteiger partial charge in [0.15, 0.2) is 5.13 Å². The molecule has 1 amide bonds. The maximum Gasteiger partial charge on any atom is 0.365 e. The molecule has 0 atom stereocenters. The second-order valence-corrected chi connectivity index (χ2v) is 7.78. The summed E-state index contributed by atoms with van der Waals surface area (Å²) in [7, 11) is 0. The number of esters is 1. The molecule has 0 aliphatic carbocycles. The smallest absolute Gasteiger partial charge is 0.365 e. The quantitative estimate of drug-likeness (QED) is 0.219. The lowest BCUT2D eigenvalue weighted by Crippen LogP contribution is -2.20. The van der Waals surface area contributed by atoms with Gasteiger partial charge < -0.3 is 9.57 Å². The fourth-order valence-corrected chi connectivity index (χ4v) is 3.27. The van der Waals surface area contributed by atoms with Gasteiger partial charge in [-0.15, -0.1) is 11.3 Å². The number of halogens is 2. The molecular formula is C21H15Cl2N3O5S. The standard InChI is InChI=1S/C21H15Cl2N3O5S/c1-2-30-20(29)17(26-31-19(28)13-5-9-15(23)10-6-13)16-11-32-21(24-16)25-18(27)12-3-7-14(22)8-4-12/h3-11H,2H2,1H3,(H,24,25,27)/b26-17-. The van der Waals surface area contributed by atoms with Gasteiger partial charge in [0.05, 0.1) is 12.2 Å². The monoisotopic (exact) mass is 491 g/mol. The van der Waals surface area contributed by atoms with Crippen LogP contribution >= 0.6 is 34.5 Å². The fourth-order valence-electron chi connectivity index (χ4n) is 2.32. The van der Waals surface area contributed by atoms with Gasteiger partial charge in [-0.2, -0.15) is 0 Å². The van der Waals surface area contributed by atoms with Crippen LogP contribution in [0.1, 0.15) is 33.3 Å². The Morgan fingerprint density at radius 3 is 2.19 bits per heavy atom. The van der Waals surface area contributed by atoms with Crippen LogP contribution in [0.5, 0.6) is 0 Å². The maximum atomic E-state index is 12.3. The summed E-state index contributed by atoms with van der Waals surface area (Å²) in [4.78, 5) is 45.9. The van der Waals surface area contributed by atoms with Crippen molar-refractivity contribution in [2.75, 3.05) is 11.9 Å². The molecule has 3 aromatic rings. The number of rotatable bonds is 7. The number of hydrogen-bond acceptors (Lipinski definition) is 8. The number of amides is 1. The van der Waals surface area contributed by atoms with Crippen LogP contribution in [0.4, 0.5) is 5.13 Å². The minimum atomic E-state index is -0.836. The molecular weight excluding hydrogens is 477 g/mol. The molecule has 2 aromatic carbocycles. The molecule has 1 heterocycles. The van der Waals surface area contributed by atoms with Crippen molar-refractivity contribution in [1.29, 1.82) is 0 Å². The minimum absolute atomic E-state index is 0.0729. The van der Waals surface area contributed by atoms with Gasteiger partial charge in [0.25, 0.3) is 5.91 Å². The van der Waals surface area contributed by atoms with Crippen molar-refractivity contribution in [2.24, 2.45) is 5.16 Å². The predicted octanol–water partition coefficient (Wildman–Crippen LogP) is 4.83. The van der Waals surface area contributed by atoms with Gasteiger partial charge in [-0.1, -0.05) is 28.4 Å². The highest BCUT2D eigenvalue weighted by Crippen LogP contribution is 2.19. The lowest BCUT2D eigenvalue weighted by atomic mass is 10.2. The van der Waals surface area contributed by atoms with Crippen LogP contribution in [0.15, 0.2) is 59.1 Å². The molecule has 0 fully saturated rings. The van der Waals surface area contributed by atoms with Crippen molar-refractivity contribution in [2.45, 2.75) is 6.92 Å². The van der Waals surface area contributed by atoms with Crippen molar-refractivity contribution in [1.82, 2.24) is 4.98 Å². The van der Waals surface area contributed by atoms with Crippen LogP contribution in [-0.4, -0.2) is 35.1 Å². The fraction of sp³-hybridized carbons (Fsp3) is 0.0952. The minimum Gasteiger partial charge on any atom is -0.461 e. The van der Waals surface area contributed by atoms with Gasteiger partial charge in [0, 0.05) is 21.0 Å². The van der Waals surface area contributed by atoms with E-state index in [0.29, 0.717) is 15.6 Å². The Balaban J connectivity index is 1.77. The Morgan fingerprint density at radius 2 is 1.59 bits per heavy atom. The normalized spacial score (nSPS) is 11.0. The van der Waals surface area contributed by atoms with Crippen LogP contribution < -0.4 is 5.32 Å². The number of carbonyl (C=O) groups is 3. The second kappa shape index (κ2) is 10.9. The first-order valence-electron chi connectivity index (χ1n) is 9.12. The van der Waals surface area contributed by atoms with E-state index in [0.717, 1.165) is 11.3 Å². The molecule has 0 radical (unpaired) electrons. The van der Waals surface area contributed by atoms with E-state index in [9.17, 15) is 14.4 Å². The van der Waals surface area contributed by atoms with E-state index in [2.05, 4.69) is 15.5 Å². The third-order valence-corrected chi connectivity index (χ3v) is 5.10. The third-order valence-electron chi connectivity index (χ3n) is 3.84. The van der Waals surface area contributed by atoms with Gasteiger partial charge >= 0.3 is 11.9 Å². The average Bonchev–Trinajstić information content (AvgIpc) is 3.23. The summed E-state index contributed by atoms with van der Waals surface area (Å²) >= 11 is 12.7. The molecule has 0 saturated heterocycles. The van der Waals surface area contributed by atoms with E-state index in [-0.39, 0.29) is 28.7 Å². The number of oxime groups is 1. The number of aromatic nitrogens is 1. The number of carbonyl (C=O) groups excluding carboxylic acids is 3. The molecule has 164 valence electrons. The molecule has 0 saturated carbocycles. The van der Waals surface area contributed by atoms with Gasteiger partial charge in [0.2, 0.25) is 5.71 Å². The highest BCUT2D eigenvalue weighted by Gasteiger charge is 2.22. The van der Waals surface area contributed by atoms with E-state index in [1.165, 1.54) is 29.6 Å². The van der Waals surface area contributed by atoms with E-state index in [1.807, 2.05) is 0 Å². The Morgan fingerprint density at radius 1 is 1.00 bits per heavy atom. The van der Waals surface area contributed by atoms with Gasteiger partial charge in [0.1, 0.15) is 5.69 Å². The summed E-state index contributed by atoms with van der Waals surface area (Å²) in [6.07, 6.45) is 0. The van der Waals surface area contributed by atoms with Crippen molar-refractivity contribution < 1.29 is 24.0 Å². The van der Waals surface area contributed by atoms with Crippen LogP contribution in [-0.2, 0) is 14.4 Å². The first kappa shape index (κ1) is 23.4. The molecule has 1 N–H and O–H groups in total. The topological polar surface area (TPSA) is 107 Å². The van der Waals surface area contributed by atoms with Crippen LogP contribution in [0.3, 0.4) is 0 Å². The van der Waals surface area contributed by atoms with Gasteiger partial charge in [-0.3, -0.25) is 10.1 Å². The zero-order valence-electron chi connectivity index (χ0n) is 16.5. The second-order valence-electron chi connectivity index (χ2n) is 6.04. The highest BCUT2D eigenvalue weighted by molar-refractivity contribution is 7.14. The van der Waals surface area contributed by atoms with Crippen molar-refractivity contribution in [3.8, 4) is 0 Å². The first-order valence-corrected chi connectivity index (χ1v) is 10.8. The zero-order chi connectivity index (χ0) is 23.1. The SMILES string of the molecule is CCOC(=O)/C(=N\OC(=O)c1ccc(Cl)cc1)c1csc(NC(=O)c2ccc(Cl)cc2)n1. The van der Waals surface area contributed by atoms with Crippen molar-refractivity contribution >= 4 is 63.2 Å². The van der Waals surface area contributed by atoms with Crippen LogP contribution in [0.25, 0.3) is 0 Å². The van der Waals surface area contributed by atoms with E-state index >= 15 is 0 Å². The summed E-state index contributed by atoms with van der Waals surface area (Å²) in [6, 6.07) is 12.2. The molecule has 0 unspecified atom stereocenters. The maximum absolute atomic E-state index is 12.3. The zero-order valence-corrected chi connectivity index (χ0v) is 18.8. The number of hydrogen-bond donors (Lipinski definition) is 1. The van der Waals surface area contributed by atoms with Crippen LogP contribution in [0.2, 0.25) is 10.0 Å². The van der Waals surface area contributed by atoms with Crippen molar-refractivity contribution in [3.05, 3.63) is 80.8 Å². The summed E-state index contributed by atoms with van der Waals surface area (Å²) in [5, 5.41) is 8.90. The number of benzene rings is 2. The van der Waals surface area contributed by atoms with Gasteiger partial charge in [-0.05, 0) is 55.5 Å². The molecule has 0 spiro atoms. The number of nitrogens with zero attached hydrogens (tertiary/aromatic N) is 2. The summed E-state index contributed by atoms with van der Waals surface area (Å²) in [6.45, 7) is 1.70. The Labute approximate surface area is 196 Å². The number of anilines is 1. The van der Waals surface area contributed by atoms with E-state index in [1.54, 1.807) is 31.2 Å². The molecule has 3 rings (SSSR count). The summed E-state index contributed by atoms with van der Waals surface area (Å²) in [5.74, 6) is -2.04. The number of thiazole rings is 1. The largest absolute Gasteiger partial charge is 0.461 e. The van der Waals surface area contributed by atoms with E-state index < -0.39 is 17.8 Å². The Hall–Kier alpha value is -3.27. The van der Waals surface area contributed by atoms with Crippen molar-refractivity contribution in [3.63, 3.8) is 0 Å². The molecule has 0 bridgehead atoms. The molecule has 1 aromatic heterocycles. The number of nitrogens with one attached hydrogen (secondary N) is 1. The lowest BCUT2D eigenvalue weighted by Gasteiger charge is -2.04. The third kappa shape index (κ3) is 6.13. The molecule has 11 heteroatoms. The van der Waals surface area contributed by atoms with Gasteiger partial charge in [-0.25, -0.2) is 14.6 Å². The number of ether oxygens (including phenoxy) is 1. The molecule has 8 nitrogen and oxygen atoms in total. The predicted molar refractivity (Wildman–Crippen MR) is 122 cm³/mol. The molecule has 0 aliphatic rings. The lowest BCUT2D eigenvalue weighted by molar-refractivity contribution is -0.135. The average molecular weight is 492 g/mol.